The minimum atomic E-state index is -1.63. The molecule has 3 heteroatoms. The standard InChI is InChI=1S/C17H34O2Si/c1-14-10-8-11-17(5,15(14)18)12-9-13-19-20(6,7)16(2,3)4/h14H,8-13H2,1-7H3/t14?,17-/m1/s1. The monoisotopic (exact) mass is 298 g/mol. The van der Waals surface area contributed by atoms with Crippen molar-refractivity contribution in [2.45, 2.75) is 84.9 Å². The molecular formula is C17H34O2Si. The van der Waals surface area contributed by atoms with E-state index in [0.29, 0.717) is 5.78 Å². The minimum absolute atomic E-state index is 0.0888. The minimum Gasteiger partial charge on any atom is -0.417 e. The van der Waals surface area contributed by atoms with E-state index in [1.807, 2.05) is 0 Å². The molecule has 0 aromatic rings. The van der Waals surface area contributed by atoms with Gasteiger partial charge in [-0.05, 0) is 43.8 Å². The summed E-state index contributed by atoms with van der Waals surface area (Å²) in [5.41, 5.74) is -0.0888. The summed E-state index contributed by atoms with van der Waals surface area (Å²) in [6.07, 6.45) is 5.35. The summed E-state index contributed by atoms with van der Waals surface area (Å²) in [6, 6.07) is 0. The molecule has 0 heterocycles. The molecule has 0 aromatic heterocycles. The first-order valence-corrected chi connectivity index (χ1v) is 11.1. The van der Waals surface area contributed by atoms with Crippen molar-refractivity contribution in [3.05, 3.63) is 0 Å². The van der Waals surface area contributed by atoms with E-state index >= 15 is 0 Å². The number of ketones is 1. The lowest BCUT2D eigenvalue weighted by Gasteiger charge is -2.38. The van der Waals surface area contributed by atoms with Gasteiger partial charge in [0.2, 0.25) is 0 Å². The van der Waals surface area contributed by atoms with E-state index in [9.17, 15) is 4.79 Å². The maximum atomic E-state index is 12.4. The Balaban J connectivity index is 2.43. The first kappa shape index (κ1) is 17.9. The highest BCUT2D eigenvalue weighted by molar-refractivity contribution is 6.74. The topological polar surface area (TPSA) is 26.3 Å². The van der Waals surface area contributed by atoms with Gasteiger partial charge in [-0.25, -0.2) is 0 Å². The second-order valence-electron chi connectivity index (χ2n) is 8.43. The van der Waals surface area contributed by atoms with Crippen LogP contribution in [0.25, 0.3) is 0 Å². The molecule has 20 heavy (non-hydrogen) atoms. The highest BCUT2D eigenvalue weighted by Crippen LogP contribution is 2.40. The molecule has 118 valence electrons. The normalized spacial score (nSPS) is 28.8. The van der Waals surface area contributed by atoms with Crippen molar-refractivity contribution in [3.8, 4) is 0 Å². The van der Waals surface area contributed by atoms with E-state index < -0.39 is 8.32 Å². The smallest absolute Gasteiger partial charge is 0.191 e. The summed E-state index contributed by atoms with van der Waals surface area (Å²) in [4.78, 5) is 12.4. The summed E-state index contributed by atoms with van der Waals surface area (Å²) in [7, 11) is -1.63. The molecule has 1 rings (SSSR count). The van der Waals surface area contributed by atoms with E-state index in [-0.39, 0.29) is 16.4 Å². The molecule has 2 nitrogen and oxygen atoms in total. The first-order chi connectivity index (χ1) is 9.00. The summed E-state index contributed by atoms with van der Waals surface area (Å²) < 4.78 is 6.22. The molecule has 1 aliphatic carbocycles. The highest BCUT2D eigenvalue weighted by Gasteiger charge is 2.39. The van der Waals surface area contributed by atoms with Gasteiger partial charge in [0.1, 0.15) is 5.78 Å². The third-order valence-corrected chi connectivity index (χ3v) is 10.1. The zero-order chi connectivity index (χ0) is 15.6. The Morgan fingerprint density at radius 2 is 1.95 bits per heavy atom. The molecular weight excluding hydrogens is 264 g/mol. The molecule has 1 saturated carbocycles. The van der Waals surface area contributed by atoms with Crippen molar-refractivity contribution in [1.82, 2.24) is 0 Å². The largest absolute Gasteiger partial charge is 0.417 e. The Hall–Kier alpha value is -0.153. The van der Waals surface area contributed by atoms with Crippen molar-refractivity contribution in [1.29, 1.82) is 0 Å². The van der Waals surface area contributed by atoms with Crippen LogP contribution >= 0.6 is 0 Å². The molecule has 0 N–H and O–H groups in total. The van der Waals surface area contributed by atoms with Crippen LogP contribution in [0.4, 0.5) is 0 Å². The Kier molecular flexibility index (Phi) is 5.65. The van der Waals surface area contributed by atoms with Gasteiger partial charge in [-0.1, -0.05) is 41.0 Å². The lowest BCUT2D eigenvalue weighted by Crippen LogP contribution is -2.41. The SMILES string of the molecule is CC1CCC[C@](C)(CCCO[Si](C)(C)C(C)(C)C)C1=O. The van der Waals surface area contributed by atoms with Gasteiger partial charge < -0.3 is 4.43 Å². The number of Topliss-reactive ketones (excluding diaryl/α,β-unsaturated/α-hetero) is 1. The average Bonchev–Trinajstić information content (AvgIpc) is 2.30. The molecule has 1 unspecified atom stereocenters. The first-order valence-electron chi connectivity index (χ1n) is 8.18. The molecule has 1 aliphatic rings. The fourth-order valence-electron chi connectivity index (χ4n) is 2.90. The number of carbonyl (C=O) groups is 1. The quantitative estimate of drug-likeness (QED) is 0.516. The second-order valence-corrected chi connectivity index (χ2v) is 13.2. The van der Waals surface area contributed by atoms with Gasteiger partial charge in [-0.15, -0.1) is 0 Å². The molecule has 2 atom stereocenters. The molecule has 0 aliphatic heterocycles. The van der Waals surface area contributed by atoms with E-state index in [1.165, 1.54) is 6.42 Å². The van der Waals surface area contributed by atoms with E-state index in [2.05, 4.69) is 47.7 Å². The lowest BCUT2D eigenvalue weighted by atomic mass is 9.68. The van der Waals surface area contributed by atoms with Gasteiger partial charge in [-0.3, -0.25) is 4.79 Å². The summed E-state index contributed by atoms with van der Waals surface area (Å²) in [5, 5.41) is 0.270. The van der Waals surface area contributed by atoms with Crippen molar-refractivity contribution < 1.29 is 9.22 Å². The molecule has 0 amide bonds. The van der Waals surface area contributed by atoms with Gasteiger partial charge in [0.05, 0.1) is 0 Å². The van der Waals surface area contributed by atoms with Crippen molar-refractivity contribution in [3.63, 3.8) is 0 Å². The predicted octanol–water partition coefficient (Wildman–Crippen LogP) is 5.18. The van der Waals surface area contributed by atoms with Crippen LogP contribution < -0.4 is 0 Å². The van der Waals surface area contributed by atoms with Gasteiger partial charge in [0.15, 0.2) is 8.32 Å². The molecule has 1 fully saturated rings. The molecule has 0 aromatic carbocycles. The maximum absolute atomic E-state index is 12.4. The highest BCUT2D eigenvalue weighted by atomic mass is 28.4. The van der Waals surface area contributed by atoms with Gasteiger partial charge in [-0.2, -0.15) is 0 Å². The third-order valence-electron chi connectivity index (χ3n) is 5.55. The van der Waals surface area contributed by atoms with Crippen LogP contribution in [0.15, 0.2) is 0 Å². The van der Waals surface area contributed by atoms with Crippen LogP contribution in [0.1, 0.15) is 66.7 Å². The number of hydrogen-bond acceptors (Lipinski definition) is 2. The Labute approximate surface area is 126 Å². The summed E-state index contributed by atoms with van der Waals surface area (Å²) in [6.45, 7) is 16.5. The zero-order valence-corrected chi connectivity index (χ0v) is 15.6. The van der Waals surface area contributed by atoms with Crippen molar-refractivity contribution >= 4 is 14.1 Å². The van der Waals surface area contributed by atoms with Gasteiger partial charge in [0.25, 0.3) is 0 Å². The summed E-state index contributed by atoms with van der Waals surface area (Å²) in [5.74, 6) is 0.742. The predicted molar refractivity (Wildman–Crippen MR) is 88.5 cm³/mol. The van der Waals surface area contributed by atoms with E-state index in [1.54, 1.807) is 0 Å². The lowest BCUT2D eigenvalue weighted by molar-refractivity contribution is -0.135. The van der Waals surface area contributed by atoms with Crippen LogP contribution in [-0.2, 0) is 9.22 Å². The summed E-state index contributed by atoms with van der Waals surface area (Å²) >= 11 is 0. The number of rotatable bonds is 5. The molecule has 0 radical (unpaired) electrons. The van der Waals surface area contributed by atoms with Crippen LogP contribution in [-0.4, -0.2) is 20.7 Å². The van der Waals surface area contributed by atoms with Gasteiger partial charge in [0, 0.05) is 17.9 Å². The Morgan fingerprint density at radius 3 is 2.50 bits per heavy atom. The Bertz CT molecular complexity index is 343. The molecule has 0 bridgehead atoms. The van der Waals surface area contributed by atoms with Crippen LogP contribution in [0.3, 0.4) is 0 Å². The van der Waals surface area contributed by atoms with Gasteiger partial charge >= 0.3 is 0 Å². The number of hydrogen-bond donors (Lipinski definition) is 0. The van der Waals surface area contributed by atoms with Crippen molar-refractivity contribution in [2.24, 2.45) is 11.3 Å². The van der Waals surface area contributed by atoms with Crippen LogP contribution in [0.2, 0.25) is 18.1 Å². The average molecular weight is 299 g/mol. The molecule has 0 spiro atoms. The number of carbonyl (C=O) groups excluding carboxylic acids is 1. The fourth-order valence-corrected chi connectivity index (χ4v) is 3.99. The van der Waals surface area contributed by atoms with Crippen LogP contribution in [0, 0.1) is 11.3 Å². The molecule has 0 saturated heterocycles. The third kappa shape index (κ3) is 4.17. The fraction of sp³-hybridized carbons (Fsp3) is 0.941. The zero-order valence-electron chi connectivity index (χ0n) is 14.6. The van der Waals surface area contributed by atoms with Crippen molar-refractivity contribution in [2.75, 3.05) is 6.61 Å². The van der Waals surface area contributed by atoms with Crippen LogP contribution in [0.5, 0.6) is 0 Å². The van der Waals surface area contributed by atoms with E-state index in [4.69, 9.17) is 4.43 Å². The Morgan fingerprint density at radius 1 is 1.35 bits per heavy atom. The van der Waals surface area contributed by atoms with E-state index in [0.717, 1.165) is 32.3 Å². The maximum Gasteiger partial charge on any atom is 0.191 e. The second kappa shape index (κ2) is 6.31.